The number of hydrogen-bond acceptors (Lipinski definition) is 3. The van der Waals surface area contributed by atoms with E-state index in [1.165, 1.54) is 4.90 Å². The van der Waals surface area contributed by atoms with E-state index in [-0.39, 0.29) is 24.7 Å². The van der Waals surface area contributed by atoms with E-state index in [4.69, 9.17) is 9.84 Å². The Hall–Kier alpha value is -1.30. The summed E-state index contributed by atoms with van der Waals surface area (Å²) in [5, 5.41) is 8.94. The van der Waals surface area contributed by atoms with Gasteiger partial charge in [0, 0.05) is 32.3 Å². The van der Waals surface area contributed by atoms with Gasteiger partial charge >= 0.3 is 12.0 Å². The van der Waals surface area contributed by atoms with Gasteiger partial charge in [-0.3, -0.25) is 4.79 Å². The molecule has 1 unspecified atom stereocenters. The van der Waals surface area contributed by atoms with Crippen molar-refractivity contribution in [3.8, 4) is 0 Å². The second kappa shape index (κ2) is 7.33. The Morgan fingerprint density at radius 1 is 1.37 bits per heavy atom. The van der Waals surface area contributed by atoms with Gasteiger partial charge in [-0.2, -0.15) is 0 Å². The number of carboxylic acids is 1. The van der Waals surface area contributed by atoms with Crippen LogP contribution < -0.4 is 0 Å². The molecule has 1 aliphatic rings. The molecule has 0 spiro atoms. The van der Waals surface area contributed by atoms with Crippen LogP contribution in [0.1, 0.15) is 33.1 Å². The minimum absolute atomic E-state index is 0.0779. The zero-order valence-electron chi connectivity index (χ0n) is 12.0. The first-order valence-electron chi connectivity index (χ1n) is 6.80. The molecule has 0 aromatic rings. The summed E-state index contributed by atoms with van der Waals surface area (Å²) >= 11 is 0. The quantitative estimate of drug-likeness (QED) is 0.821. The summed E-state index contributed by atoms with van der Waals surface area (Å²) in [5.74, 6) is -0.978. The predicted molar refractivity (Wildman–Crippen MR) is 71.1 cm³/mol. The third-order valence-corrected chi connectivity index (χ3v) is 3.71. The van der Waals surface area contributed by atoms with Crippen LogP contribution in [0.15, 0.2) is 0 Å². The molecule has 2 amide bonds. The van der Waals surface area contributed by atoms with Gasteiger partial charge in [0.05, 0.1) is 0 Å². The Bertz CT molecular complexity index is 316. The highest BCUT2D eigenvalue weighted by Crippen LogP contribution is 2.16. The van der Waals surface area contributed by atoms with Gasteiger partial charge < -0.3 is 19.6 Å². The average Bonchev–Trinajstić information content (AvgIpc) is 2.43. The van der Waals surface area contributed by atoms with Crippen LogP contribution >= 0.6 is 0 Å². The third-order valence-electron chi connectivity index (χ3n) is 3.71. The summed E-state index contributed by atoms with van der Waals surface area (Å²) in [7, 11) is 1.75. The summed E-state index contributed by atoms with van der Waals surface area (Å²) in [4.78, 5) is 26.4. The molecule has 1 fully saturated rings. The molecule has 0 bridgehead atoms. The lowest BCUT2D eigenvalue weighted by atomic mass is 10.1. The SMILES string of the molecule is CCC(C)N(CC(=O)O)C(=O)N(C)C1CCOCC1. The molecule has 0 radical (unpaired) electrons. The smallest absolute Gasteiger partial charge is 0.323 e. The molecule has 6 nitrogen and oxygen atoms in total. The van der Waals surface area contributed by atoms with Crippen molar-refractivity contribution >= 4 is 12.0 Å². The van der Waals surface area contributed by atoms with E-state index in [0.29, 0.717) is 13.2 Å². The number of carbonyl (C=O) groups excluding carboxylic acids is 1. The van der Waals surface area contributed by atoms with E-state index in [1.54, 1.807) is 11.9 Å². The summed E-state index contributed by atoms with van der Waals surface area (Å²) in [6.07, 6.45) is 2.36. The summed E-state index contributed by atoms with van der Waals surface area (Å²) < 4.78 is 5.28. The first kappa shape index (κ1) is 15.8. The molecule has 0 aromatic carbocycles. The highest BCUT2D eigenvalue weighted by atomic mass is 16.5. The van der Waals surface area contributed by atoms with Crippen LogP contribution in [-0.4, -0.2) is 65.8 Å². The lowest BCUT2D eigenvalue weighted by Crippen LogP contribution is -2.51. The fourth-order valence-electron chi connectivity index (χ4n) is 2.21. The van der Waals surface area contributed by atoms with Gasteiger partial charge in [-0.1, -0.05) is 6.92 Å². The molecule has 1 atom stereocenters. The third kappa shape index (κ3) is 4.38. The number of nitrogens with zero attached hydrogens (tertiary/aromatic N) is 2. The number of urea groups is 1. The zero-order chi connectivity index (χ0) is 14.4. The maximum atomic E-state index is 12.4. The highest BCUT2D eigenvalue weighted by Gasteiger charge is 2.29. The van der Waals surface area contributed by atoms with E-state index in [0.717, 1.165) is 19.3 Å². The molecule has 6 heteroatoms. The molecular formula is C13H24N2O4. The van der Waals surface area contributed by atoms with Gasteiger partial charge in [-0.05, 0) is 26.2 Å². The Labute approximate surface area is 114 Å². The molecule has 0 aliphatic carbocycles. The molecule has 1 saturated heterocycles. The number of amides is 2. The first-order valence-corrected chi connectivity index (χ1v) is 6.80. The Morgan fingerprint density at radius 3 is 2.42 bits per heavy atom. The Morgan fingerprint density at radius 2 is 1.95 bits per heavy atom. The van der Waals surface area contributed by atoms with E-state index < -0.39 is 5.97 Å². The van der Waals surface area contributed by atoms with Gasteiger partial charge in [0.25, 0.3) is 0 Å². The largest absolute Gasteiger partial charge is 0.480 e. The molecule has 1 rings (SSSR count). The first-order chi connectivity index (χ1) is 8.97. The average molecular weight is 272 g/mol. The van der Waals surface area contributed by atoms with E-state index >= 15 is 0 Å². The van der Waals surface area contributed by atoms with Crippen molar-refractivity contribution in [2.45, 2.75) is 45.2 Å². The molecule has 0 aromatic heterocycles. The number of hydrogen-bond donors (Lipinski definition) is 1. The maximum Gasteiger partial charge on any atom is 0.323 e. The number of carbonyl (C=O) groups is 2. The summed E-state index contributed by atoms with van der Waals surface area (Å²) in [6.45, 7) is 4.89. The number of ether oxygens (including phenoxy) is 1. The fraction of sp³-hybridized carbons (Fsp3) is 0.846. The van der Waals surface area contributed by atoms with Crippen molar-refractivity contribution in [2.24, 2.45) is 0 Å². The fourth-order valence-corrected chi connectivity index (χ4v) is 2.21. The van der Waals surface area contributed by atoms with Crippen molar-refractivity contribution in [2.75, 3.05) is 26.8 Å². The normalized spacial score (nSPS) is 17.8. The van der Waals surface area contributed by atoms with Crippen molar-refractivity contribution in [3.63, 3.8) is 0 Å². The van der Waals surface area contributed by atoms with E-state index in [9.17, 15) is 9.59 Å². The van der Waals surface area contributed by atoms with Crippen molar-refractivity contribution in [1.29, 1.82) is 0 Å². The van der Waals surface area contributed by atoms with Crippen LogP contribution in [0.2, 0.25) is 0 Å². The van der Waals surface area contributed by atoms with E-state index in [2.05, 4.69) is 0 Å². The number of aliphatic carboxylic acids is 1. The molecule has 19 heavy (non-hydrogen) atoms. The monoisotopic (exact) mass is 272 g/mol. The minimum atomic E-state index is -0.978. The van der Waals surface area contributed by atoms with Crippen LogP contribution in [0.25, 0.3) is 0 Å². The van der Waals surface area contributed by atoms with Gasteiger partial charge in [-0.25, -0.2) is 4.79 Å². The zero-order valence-corrected chi connectivity index (χ0v) is 12.0. The van der Waals surface area contributed by atoms with Crippen molar-refractivity contribution < 1.29 is 19.4 Å². The van der Waals surface area contributed by atoms with Crippen molar-refractivity contribution in [3.05, 3.63) is 0 Å². The minimum Gasteiger partial charge on any atom is -0.480 e. The lowest BCUT2D eigenvalue weighted by molar-refractivity contribution is -0.138. The lowest BCUT2D eigenvalue weighted by Gasteiger charge is -2.37. The number of rotatable bonds is 5. The van der Waals surface area contributed by atoms with Crippen LogP contribution in [0.5, 0.6) is 0 Å². The molecule has 0 saturated carbocycles. The maximum absolute atomic E-state index is 12.4. The number of carboxylic acid groups (broad SMARTS) is 1. The second-order valence-electron chi connectivity index (χ2n) is 5.02. The van der Waals surface area contributed by atoms with Crippen LogP contribution in [0.3, 0.4) is 0 Å². The summed E-state index contributed by atoms with van der Waals surface area (Å²) in [6, 6.07) is -0.142. The van der Waals surface area contributed by atoms with Gasteiger partial charge in [-0.15, -0.1) is 0 Å². The van der Waals surface area contributed by atoms with E-state index in [1.807, 2.05) is 13.8 Å². The van der Waals surface area contributed by atoms with Crippen LogP contribution in [0, 0.1) is 0 Å². The summed E-state index contributed by atoms with van der Waals surface area (Å²) in [5.41, 5.74) is 0. The molecule has 1 heterocycles. The highest BCUT2D eigenvalue weighted by molar-refractivity contribution is 5.80. The van der Waals surface area contributed by atoms with Gasteiger partial charge in [0.15, 0.2) is 0 Å². The van der Waals surface area contributed by atoms with Gasteiger partial charge in [0.1, 0.15) is 6.54 Å². The Kier molecular flexibility index (Phi) is 6.08. The van der Waals surface area contributed by atoms with Crippen molar-refractivity contribution in [1.82, 2.24) is 9.80 Å². The van der Waals surface area contributed by atoms with Crippen LogP contribution in [0.4, 0.5) is 4.79 Å². The Balaban J connectivity index is 2.70. The molecule has 1 N–H and O–H groups in total. The standard InChI is InChI=1S/C13H24N2O4/c1-4-10(2)15(9-12(16)17)13(18)14(3)11-5-7-19-8-6-11/h10-11H,4-9H2,1-3H3,(H,16,17). The predicted octanol–water partition coefficient (Wildman–Crippen LogP) is 1.40. The molecule has 110 valence electrons. The molecular weight excluding hydrogens is 248 g/mol. The van der Waals surface area contributed by atoms with Crippen LogP contribution in [-0.2, 0) is 9.53 Å². The second-order valence-corrected chi connectivity index (χ2v) is 5.02. The molecule has 1 aliphatic heterocycles. The van der Waals surface area contributed by atoms with Gasteiger partial charge in [0.2, 0.25) is 0 Å². The topological polar surface area (TPSA) is 70.1 Å².